The van der Waals surface area contributed by atoms with Crippen LogP contribution in [-0.2, 0) is 9.59 Å². The summed E-state index contributed by atoms with van der Waals surface area (Å²) in [5, 5.41) is 10.2. The van der Waals surface area contributed by atoms with Gasteiger partial charge in [0.2, 0.25) is 0 Å². The second kappa shape index (κ2) is 5.45. The van der Waals surface area contributed by atoms with Crippen LogP contribution in [0.15, 0.2) is 0 Å². The van der Waals surface area contributed by atoms with Crippen LogP contribution in [0.2, 0.25) is 0 Å². The van der Waals surface area contributed by atoms with Crippen LogP contribution in [0.5, 0.6) is 0 Å². The van der Waals surface area contributed by atoms with Crippen molar-refractivity contribution >= 4 is 11.9 Å². The van der Waals surface area contributed by atoms with Crippen molar-refractivity contribution < 1.29 is 23.5 Å². The summed E-state index contributed by atoms with van der Waals surface area (Å²) in [6.45, 7) is 1.70. The third kappa shape index (κ3) is 4.39. The Morgan fingerprint density at radius 3 is 2.31 bits per heavy atom. The number of hydrogen-bond donors (Lipinski definition) is 2. The second-order valence-electron chi connectivity index (χ2n) is 2.49. The zero-order valence-corrected chi connectivity index (χ0v) is 7.09. The molecule has 0 spiro atoms. The van der Waals surface area contributed by atoms with Gasteiger partial charge < -0.3 is 10.4 Å². The topological polar surface area (TPSA) is 66.4 Å². The molecule has 0 aliphatic rings. The SMILES string of the molecule is CCC[C@@H](NC(=O)C(F)F)C(=O)O. The van der Waals surface area contributed by atoms with Crippen molar-refractivity contribution in [2.45, 2.75) is 32.2 Å². The molecule has 0 saturated carbocycles. The number of aliphatic carboxylic acids is 1. The molecule has 0 aromatic rings. The zero-order chi connectivity index (χ0) is 10.4. The highest BCUT2D eigenvalue weighted by atomic mass is 19.3. The van der Waals surface area contributed by atoms with Crippen molar-refractivity contribution in [3.05, 3.63) is 0 Å². The van der Waals surface area contributed by atoms with Crippen LogP contribution < -0.4 is 5.32 Å². The van der Waals surface area contributed by atoms with Crippen LogP contribution in [0.4, 0.5) is 8.78 Å². The van der Waals surface area contributed by atoms with Gasteiger partial charge >= 0.3 is 12.4 Å². The Labute approximate surface area is 73.9 Å². The van der Waals surface area contributed by atoms with Crippen molar-refractivity contribution in [1.29, 1.82) is 0 Å². The monoisotopic (exact) mass is 195 g/mol. The predicted molar refractivity (Wildman–Crippen MR) is 40.5 cm³/mol. The number of amides is 1. The van der Waals surface area contributed by atoms with Gasteiger partial charge in [-0.3, -0.25) is 4.79 Å². The molecule has 6 heteroatoms. The molecule has 0 aromatic carbocycles. The number of carboxylic acids is 1. The van der Waals surface area contributed by atoms with E-state index in [-0.39, 0.29) is 6.42 Å². The molecule has 4 nitrogen and oxygen atoms in total. The van der Waals surface area contributed by atoms with Gasteiger partial charge in [0.05, 0.1) is 0 Å². The molecule has 0 radical (unpaired) electrons. The largest absolute Gasteiger partial charge is 0.480 e. The van der Waals surface area contributed by atoms with Gasteiger partial charge in [-0.2, -0.15) is 8.78 Å². The Morgan fingerprint density at radius 1 is 1.46 bits per heavy atom. The second-order valence-corrected chi connectivity index (χ2v) is 2.49. The molecule has 0 fully saturated rings. The Bertz CT molecular complexity index is 196. The van der Waals surface area contributed by atoms with Crippen LogP contribution >= 0.6 is 0 Å². The molecule has 0 saturated heterocycles. The first kappa shape index (κ1) is 11.8. The van der Waals surface area contributed by atoms with Gasteiger partial charge in [0.1, 0.15) is 6.04 Å². The van der Waals surface area contributed by atoms with E-state index in [1.165, 1.54) is 0 Å². The van der Waals surface area contributed by atoms with Crippen LogP contribution in [0.3, 0.4) is 0 Å². The van der Waals surface area contributed by atoms with E-state index in [0.717, 1.165) is 0 Å². The smallest absolute Gasteiger partial charge is 0.326 e. The molecule has 1 amide bonds. The Morgan fingerprint density at radius 2 is 2.00 bits per heavy atom. The maximum atomic E-state index is 11.7. The van der Waals surface area contributed by atoms with Crippen LogP contribution in [0, 0.1) is 0 Å². The Hall–Kier alpha value is -1.20. The molecule has 76 valence electrons. The number of nitrogens with one attached hydrogen (secondary N) is 1. The summed E-state index contributed by atoms with van der Waals surface area (Å²) in [5.74, 6) is -2.84. The summed E-state index contributed by atoms with van der Waals surface area (Å²) in [7, 11) is 0. The van der Waals surface area contributed by atoms with Crippen molar-refractivity contribution in [3.8, 4) is 0 Å². The Balaban J connectivity index is 4.10. The van der Waals surface area contributed by atoms with E-state index in [9.17, 15) is 18.4 Å². The highest BCUT2D eigenvalue weighted by Gasteiger charge is 2.23. The number of hydrogen-bond acceptors (Lipinski definition) is 2. The van der Waals surface area contributed by atoms with E-state index in [1.54, 1.807) is 12.2 Å². The van der Waals surface area contributed by atoms with Gasteiger partial charge in [0.25, 0.3) is 5.91 Å². The van der Waals surface area contributed by atoms with Crippen molar-refractivity contribution in [1.82, 2.24) is 5.32 Å². The van der Waals surface area contributed by atoms with Crippen LogP contribution in [-0.4, -0.2) is 29.5 Å². The molecule has 0 aliphatic heterocycles. The summed E-state index contributed by atoms with van der Waals surface area (Å²) < 4.78 is 23.4. The number of rotatable bonds is 5. The zero-order valence-electron chi connectivity index (χ0n) is 7.09. The molecule has 0 bridgehead atoms. The van der Waals surface area contributed by atoms with Crippen molar-refractivity contribution in [3.63, 3.8) is 0 Å². The predicted octanol–water partition coefficient (Wildman–Crippen LogP) is 0.621. The van der Waals surface area contributed by atoms with Gasteiger partial charge in [-0.1, -0.05) is 13.3 Å². The Kier molecular flexibility index (Phi) is 4.94. The third-order valence-corrected chi connectivity index (χ3v) is 1.39. The molecule has 1 atom stereocenters. The first-order valence-corrected chi connectivity index (χ1v) is 3.80. The highest BCUT2D eigenvalue weighted by molar-refractivity contribution is 5.85. The summed E-state index contributed by atoms with van der Waals surface area (Å²) >= 11 is 0. The lowest BCUT2D eigenvalue weighted by Crippen LogP contribution is -2.43. The summed E-state index contributed by atoms with van der Waals surface area (Å²) in [5.41, 5.74) is 0. The average molecular weight is 195 g/mol. The minimum absolute atomic E-state index is 0.147. The number of halogens is 2. The number of carbonyl (C=O) groups is 2. The number of carbonyl (C=O) groups excluding carboxylic acids is 1. The lowest BCUT2D eigenvalue weighted by Gasteiger charge is -2.12. The van der Waals surface area contributed by atoms with Gasteiger partial charge in [0.15, 0.2) is 0 Å². The summed E-state index contributed by atoms with van der Waals surface area (Å²) in [6.07, 6.45) is -2.52. The average Bonchev–Trinajstić information content (AvgIpc) is 2.03. The van der Waals surface area contributed by atoms with E-state index >= 15 is 0 Å². The molecule has 0 aliphatic carbocycles. The van der Waals surface area contributed by atoms with Gasteiger partial charge in [-0.05, 0) is 6.42 Å². The number of carboxylic acid groups (broad SMARTS) is 1. The molecule has 0 heterocycles. The van der Waals surface area contributed by atoms with E-state index < -0.39 is 24.3 Å². The minimum Gasteiger partial charge on any atom is -0.480 e. The highest BCUT2D eigenvalue weighted by Crippen LogP contribution is 1.99. The first-order valence-electron chi connectivity index (χ1n) is 3.80. The first-order chi connectivity index (χ1) is 5.99. The molecule has 0 rings (SSSR count). The van der Waals surface area contributed by atoms with Crippen LogP contribution in [0.25, 0.3) is 0 Å². The fourth-order valence-electron chi connectivity index (χ4n) is 0.781. The molecule has 2 N–H and O–H groups in total. The lowest BCUT2D eigenvalue weighted by molar-refractivity contribution is -0.144. The van der Waals surface area contributed by atoms with E-state index in [0.29, 0.717) is 6.42 Å². The molecule has 13 heavy (non-hydrogen) atoms. The number of alkyl halides is 2. The van der Waals surface area contributed by atoms with Crippen molar-refractivity contribution in [2.24, 2.45) is 0 Å². The van der Waals surface area contributed by atoms with E-state index in [2.05, 4.69) is 0 Å². The lowest BCUT2D eigenvalue weighted by atomic mass is 10.2. The standard InChI is InChI=1S/C7H11F2NO3/c1-2-3-4(7(12)13)10-6(11)5(8)9/h4-5H,2-3H2,1H3,(H,10,11)(H,12,13)/t4-/m1/s1. The fraction of sp³-hybridized carbons (Fsp3) is 0.714. The van der Waals surface area contributed by atoms with Gasteiger partial charge in [-0.15, -0.1) is 0 Å². The van der Waals surface area contributed by atoms with Crippen LogP contribution in [0.1, 0.15) is 19.8 Å². The molecule has 0 aromatic heterocycles. The fourth-order valence-corrected chi connectivity index (χ4v) is 0.781. The maximum absolute atomic E-state index is 11.7. The maximum Gasteiger partial charge on any atom is 0.326 e. The molecule has 0 unspecified atom stereocenters. The molecular weight excluding hydrogens is 184 g/mol. The van der Waals surface area contributed by atoms with E-state index in [1.807, 2.05) is 0 Å². The van der Waals surface area contributed by atoms with Gasteiger partial charge in [0, 0.05) is 0 Å². The molecular formula is C7H11F2NO3. The normalized spacial score (nSPS) is 12.6. The quantitative estimate of drug-likeness (QED) is 0.675. The van der Waals surface area contributed by atoms with E-state index in [4.69, 9.17) is 5.11 Å². The third-order valence-electron chi connectivity index (χ3n) is 1.39. The minimum atomic E-state index is -3.17. The van der Waals surface area contributed by atoms with Gasteiger partial charge in [-0.25, -0.2) is 4.79 Å². The van der Waals surface area contributed by atoms with Crippen molar-refractivity contribution in [2.75, 3.05) is 0 Å². The summed E-state index contributed by atoms with van der Waals surface area (Å²) in [6, 6.07) is -1.22. The summed E-state index contributed by atoms with van der Waals surface area (Å²) in [4.78, 5) is 20.8.